The molecule has 0 radical (unpaired) electrons. The van der Waals surface area contributed by atoms with Gasteiger partial charge in [0.15, 0.2) is 5.11 Å². The van der Waals surface area contributed by atoms with Crippen LogP contribution < -0.4 is 10.1 Å². The number of benzene rings is 1. The topological polar surface area (TPSA) is 24.5 Å². The van der Waals surface area contributed by atoms with Gasteiger partial charge in [0.1, 0.15) is 5.75 Å². The summed E-state index contributed by atoms with van der Waals surface area (Å²) in [6, 6.07) is 8.38. The van der Waals surface area contributed by atoms with Crippen LogP contribution in [0.15, 0.2) is 36.9 Å². The highest BCUT2D eigenvalue weighted by Crippen LogP contribution is 2.24. The first-order chi connectivity index (χ1) is 10.2. The van der Waals surface area contributed by atoms with E-state index in [0.717, 1.165) is 23.1 Å². The molecule has 1 saturated carbocycles. The van der Waals surface area contributed by atoms with Crippen LogP contribution in [-0.2, 0) is 0 Å². The van der Waals surface area contributed by atoms with Crippen LogP contribution >= 0.6 is 12.2 Å². The third kappa shape index (κ3) is 4.46. The summed E-state index contributed by atoms with van der Waals surface area (Å²) in [6.07, 6.45) is 8.28. The van der Waals surface area contributed by atoms with Gasteiger partial charge in [0.05, 0.1) is 7.11 Å². The highest BCUT2D eigenvalue weighted by Gasteiger charge is 2.22. The van der Waals surface area contributed by atoms with Crippen molar-refractivity contribution in [2.75, 3.05) is 19.0 Å². The molecule has 1 aliphatic carbocycles. The van der Waals surface area contributed by atoms with E-state index in [0.29, 0.717) is 6.04 Å². The molecule has 21 heavy (non-hydrogen) atoms. The molecule has 0 heterocycles. The van der Waals surface area contributed by atoms with Crippen LogP contribution in [0, 0.1) is 0 Å². The van der Waals surface area contributed by atoms with Crippen LogP contribution in [0.1, 0.15) is 32.1 Å². The van der Waals surface area contributed by atoms with E-state index in [2.05, 4.69) is 16.8 Å². The minimum atomic E-state index is 0.530. The van der Waals surface area contributed by atoms with Gasteiger partial charge in [-0.25, -0.2) is 0 Å². The molecule has 0 spiro atoms. The van der Waals surface area contributed by atoms with Gasteiger partial charge in [-0.15, -0.1) is 6.58 Å². The van der Waals surface area contributed by atoms with Gasteiger partial charge in [0.2, 0.25) is 0 Å². The maximum absolute atomic E-state index is 5.61. The smallest absolute Gasteiger partial charge is 0.173 e. The van der Waals surface area contributed by atoms with Crippen molar-refractivity contribution in [2.45, 2.75) is 38.1 Å². The molecule has 1 aromatic carbocycles. The summed E-state index contributed by atoms with van der Waals surface area (Å²) in [4.78, 5) is 2.26. The van der Waals surface area contributed by atoms with Crippen molar-refractivity contribution in [2.24, 2.45) is 0 Å². The van der Waals surface area contributed by atoms with E-state index in [1.807, 2.05) is 30.3 Å². The van der Waals surface area contributed by atoms with E-state index in [9.17, 15) is 0 Å². The summed E-state index contributed by atoms with van der Waals surface area (Å²) < 4.78 is 5.25. The normalized spacial score (nSPS) is 15.3. The number of ether oxygens (including phenoxy) is 1. The monoisotopic (exact) mass is 304 g/mol. The third-order valence-corrected chi connectivity index (χ3v) is 4.26. The fourth-order valence-electron chi connectivity index (χ4n) is 2.83. The average Bonchev–Trinajstić information content (AvgIpc) is 2.53. The number of nitrogens with zero attached hydrogens (tertiary/aromatic N) is 1. The number of rotatable bonds is 5. The first kappa shape index (κ1) is 15.8. The fourth-order valence-corrected chi connectivity index (χ4v) is 3.17. The molecule has 4 heteroatoms. The number of methoxy groups -OCH3 is 1. The van der Waals surface area contributed by atoms with E-state index < -0.39 is 0 Å². The second-order valence-corrected chi connectivity index (χ2v) is 5.78. The minimum absolute atomic E-state index is 0.530. The Kier molecular flexibility index (Phi) is 6.05. The zero-order chi connectivity index (χ0) is 15.1. The van der Waals surface area contributed by atoms with Crippen LogP contribution in [0.2, 0.25) is 0 Å². The van der Waals surface area contributed by atoms with Gasteiger partial charge in [-0.05, 0) is 37.2 Å². The van der Waals surface area contributed by atoms with Gasteiger partial charge < -0.3 is 15.0 Å². The summed E-state index contributed by atoms with van der Waals surface area (Å²) in [7, 11) is 1.67. The zero-order valence-electron chi connectivity index (χ0n) is 12.7. The fraction of sp³-hybridized carbons (Fsp3) is 0.471. The van der Waals surface area contributed by atoms with Gasteiger partial charge in [-0.2, -0.15) is 0 Å². The van der Waals surface area contributed by atoms with Crippen molar-refractivity contribution in [3.8, 4) is 5.75 Å². The summed E-state index contributed by atoms with van der Waals surface area (Å²) in [6.45, 7) is 4.66. The van der Waals surface area contributed by atoms with Crippen molar-refractivity contribution in [1.82, 2.24) is 4.90 Å². The molecule has 0 bridgehead atoms. The molecule has 0 amide bonds. The van der Waals surface area contributed by atoms with E-state index in [4.69, 9.17) is 17.0 Å². The largest absolute Gasteiger partial charge is 0.497 e. The lowest BCUT2D eigenvalue weighted by atomic mass is 9.94. The predicted octanol–water partition coefficient (Wildman–Crippen LogP) is 4.21. The minimum Gasteiger partial charge on any atom is -0.497 e. The highest BCUT2D eigenvalue weighted by molar-refractivity contribution is 7.80. The highest BCUT2D eigenvalue weighted by atomic mass is 32.1. The Labute approximate surface area is 133 Å². The van der Waals surface area contributed by atoms with Crippen LogP contribution in [0.4, 0.5) is 5.69 Å². The lowest BCUT2D eigenvalue weighted by molar-refractivity contribution is 0.263. The van der Waals surface area contributed by atoms with E-state index >= 15 is 0 Å². The Morgan fingerprint density at radius 1 is 1.43 bits per heavy atom. The van der Waals surface area contributed by atoms with Gasteiger partial charge in [0.25, 0.3) is 0 Å². The van der Waals surface area contributed by atoms with Crippen LogP contribution in [-0.4, -0.2) is 29.7 Å². The summed E-state index contributed by atoms with van der Waals surface area (Å²) in [5.41, 5.74) is 0.962. The Balaban J connectivity index is 2.04. The van der Waals surface area contributed by atoms with E-state index in [1.165, 1.54) is 32.1 Å². The van der Waals surface area contributed by atoms with Crippen molar-refractivity contribution >= 4 is 23.0 Å². The predicted molar refractivity (Wildman–Crippen MR) is 93.0 cm³/mol. The van der Waals surface area contributed by atoms with Gasteiger partial charge >= 0.3 is 0 Å². The number of thiocarbonyl (C=S) groups is 1. The molecule has 1 aliphatic rings. The van der Waals surface area contributed by atoms with Crippen molar-refractivity contribution in [3.05, 3.63) is 36.9 Å². The summed E-state index contributed by atoms with van der Waals surface area (Å²) in [5, 5.41) is 4.10. The number of hydrogen-bond donors (Lipinski definition) is 1. The molecule has 0 aromatic heterocycles. The van der Waals surface area contributed by atoms with Crippen LogP contribution in [0.25, 0.3) is 0 Å². The molecular weight excluding hydrogens is 280 g/mol. The van der Waals surface area contributed by atoms with Crippen molar-refractivity contribution < 1.29 is 4.74 Å². The van der Waals surface area contributed by atoms with Gasteiger partial charge in [-0.1, -0.05) is 31.4 Å². The first-order valence-corrected chi connectivity index (χ1v) is 7.98. The summed E-state index contributed by atoms with van der Waals surface area (Å²) >= 11 is 5.61. The zero-order valence-corrected chi connectivity index (χ0v) is 13.5. The molecule has 0 atom stereocenters. The average molecular weight is 304 g/mol. The maximum atomic E-state index is 5.61. The van der Waals surface area contributed by atoms with Gasteiger partial charge in [-0.3, -0.25) is 0 Å². The standard InChI is InChI=1S/C17H24N2OS/c1-3-12-19(15-9-5-4-6-10-15)17(21)18-14-8-7-11-16(13-14)20-2/h3,7-8,11,13,15H,1,4-6,9-10,12H2,2H3,(H,18,21). The van der Waals surface area contributed by atoms with Crippen LogP contribution in [0.3, 0.4) is 0 Å². The number of nitrogens with one attached hydrogen (secondary N) is 1. The molecule has 3 nitrogen and oxygen atoms in total. The molecule has 114 valence electrons. The van der Waals surface area contributed by atoms with Crippen LogP contribution in [0.5, 0.6) is 5.75 Å². The van der Waals surface area contributed by atoms with Crippen molar-refractivity contribution in [3.63, 3.8) is 0 Å². The van der Waals surface area contributed by atoms with E-state index in [-0.39, 0.29) is 0 Å². The molecule has 0 unspecified atom stereocenters. The quantitative estimate of drug-likeness (QED) is 0.650. The molecule has 2 rings (SSSR count). The van der Waals surface area contributed by atoms with E-state index in [1.54, 1.807) is 7.11 Å². The Morgan fingerprint density at radius 2 is 2.19 bits per heavy atom. The second-order valence-electron chi connectivity index (χ2n) is 5.39. The molecule has 1 N–H and O–H groups in total. The first-order valence-electron chi connectivity index (χ1n) is 7.57. The molecular formula is C17H24N2OS. The lowest BCUT2D eigenvalue weighted by Gasteiger charge is -2.35. The maximum Gasteiger partial charge on any atom is 0.173 e. The number of hydrogen-bond acceptors (Lipinski definition) is 2. The molecule has 1 aromatic rings. The van der Waals surface area contributed by atoms with Gasteiger partial charge in [0, 0.05) is 24.3 Å². The Hall–Kier alpha value is -1.55. The molecule has 1 fully saturated rings. The second kappa shape index (κ2) is 8.03. The summed E-state index contributed by atoms with van der Waals surface area (Å²) in [5.74, 6) is 0.829. The third-order valence-electron chi connectivity index (χ3n) is 3.92. The SMILES string of the molecule is C=CCN(C(=S)Nc1cccc(OC)c1)C1CCCCC1. The Bertz CT molecular complexity index is 483. The lowest BCUT2D eigenvalue weighted by Crippen LogP contribution is -2.43. The van der Waals surface area contributed by atoms with Crippen molar-refractivity contribution in [1.29, 1.82) is 0 Å². The molecule has 0 aliphatic heterocycles. The molecule has 0 saturated heterocycles. The number of anilines is 1. The Morgan fingerprint density at radius 3 is 2.86 bits per heavy atom.